The predicted molar refractivity (Wildman–Crippen MR) is 137 cm³/mol. The Kier molecular flexibility index (Phi) is 10.4. The predicted octanol–water partition coefficient (Wildman–Crippen LogP) is 4.15. The highest BCUT2D eigenvalue weighted by atomic mass is 32.2. The molecule has 0 aliphatic carbocycles. The molecule has 2 rings (SSSR count). The lowest BCUT2D eigenvalue weighted by Crippen LogP contribution is -2.50. The maximum absolute atomic E-state index is 13.7. The van der Waals surface area contributed by atoms with E-state index in [2.05, 4.69) is 5.32 Å². The van der Waals surface area contributed by atoms with Gasteiger partial charge >= 0.3 is 0 Å². The lowest BCUT2D eigenvalue weighted by Gasteiger charge is -2.32. The van der Waals surface area contributed by atoms with Gasteiger partial charge in [-0.1, -0.05) is 31.2 Å². The summed E-state index contributed by atoms with van der Waals surface area (Å²) in [6.07, 6.45) is 1.45. The molecule has 0 radical (unpaired) electrons. The number of hydrogen-bond donors (Lipinski definition) is 1. The van der Waals surface area contributed by atoms with Crippen LogP contribution in [-0.4, -0.2) is 50.0 Å². The van der Waals surface area contributed by atoms with E-state index in [-0.39, 0.29) is 49.5 Å². The average Bonchev–Trinajstić information content (AvgIpc) is 2.78. The zero-order valence-corrected chi connectivity index (χ0v) is 22.2. The molecule has 7 nitrogen and oxygen atoms in total. The summed E-state index contributed by atoms with van der Waals surface area (Å²) in [7, 11) is -3.81. The third kappa shape index (κ3) is 8.01. The summed E-state index contributed by atoms with van der Waals surface area (Å²) in [6.45, 7) is 7.57. The van der Waals surface area contributed by atoms with Crippen LogP contribution in [0, 0.1) is 18.6 Å². The molecular weight excluding hydrogens is 488 g/mol. The Balaban J connectivity index is 2.24. The fourth-order valence-electron chi connectivity index (χ4n) is 3.92. The summed E-state index contributed by atoms with van der Waals surface area (Å²) >= 11 is 0. The average molecular weight is 524 g/mol. The fourth-order valence-corrected chi connectivity index (χ4v) is 4.87. The largest absolute Gasteiger partial charge is 0.352 e. The monoisotopic (exact) mass is 523 g/mol. The van der Waals surface area contributed by atoms with Gasteiger partial charge in [0.25, 0.3) is 0 Å². The van der Waals surface area contributed by atoms with Gasteiger partial charge in [0, 0.05) is 31.6 Å². The number of nitrogens with one attached hydrogen (secondary N) is 1. The highest BCUT2D eigenvalue weighted by molar-refractivity contribution is 7.92. The molecule has 36 heavy (non-hydrogen) atoms. The summed E-state index contributed by atoms with van der Waals surface area (Å²) in [5.41, 5.74) is 1.86. The topological polar surface area (TPSA) is 86.8 Å². The van der Waals surface area contributed by atoms with Crippen LogP contribution in [0.1, 0.15) is 51.2 Å². The summed E-state index contributed by atoms with van der Waals surface area (Å²) in [5.74, 6) is -2.81. The second-order valence-electron chi connectivity index (χ2n) is 9.07. The van der Waals surface area contributed by atoms with E-state index in [1.165, 1.54) is 11.0 Å². The van der Waals surface area contributed by atoms with Crippen molar-refractivity contribution in [1.82, 2.24) is 10.2 Å². The minimum Gasteiger partial charge on any atom is -0.352 e. The van der Waals surface area contributed by atoms with Crippen molar-refractivity contribution in [1.29, 1.82) is 0 Å². The number of halogens is 2. The summed E-state index contributed by atoms with van der Waals surface area (Å²) in [6, 6.07) is 9.64. The van der Waals surface area contributed by atoms with Crippen LogP contribution < -0.4 is 9.62 Å². The highest BCUT2D eigenvalue weighted by Crippen LogP contribution is 2.22. The first-order valence-electron chi connectivity index (χ1n) is 11.9. The molecule has 0 aliphatic heterocycles. The number of carbonyl (C=O) groups is 2. The van der Waals surface area contributed by atoms with E-state index in [9.17, 15) is 26.8 Å². The third-order valence-electron chi connectivity index (χ3n) is 5.76. The van der Waals surface area contributed by atoms with Crippen molar-refractivity contribution in [3.63, 3.8) is 0 Å². The van der Waals surface area contributed by atoms with Crippen LogP contribution in [0.5, 0.6) is 0 Å². The quantitative estimate of drug-likeness (QED) is 0.453. The Morgan fingerprint density at radius 3 is 2.28 bits per heavy atom. The summed E-state index contributed by atoms with van der Waals surface area (Å²) < 4.78 is 52.7. The molecule has 2 aromatic carbocycles. The number of rotatable bonds is 12. The SMILES string of the molecule is CCC(C(=O)NC(C)C)N(Cc1ccccc1C)C(=O)CCCN(c1ccc(F)c(F)c1)S(C)(=O)=O. The van der Waals surface area contributed by atoms with Gasteiger partial charge in [0.1, 0.15) is 6.04 Å². The van der Waals surface area contributed by atoms with E-state index in [0.717, 1.165) is 33.8 Å². The zero-order chi connectivity index (χ0) is 27.0. The molecule has 1 unspecified atom stereocenters. The first-order valence-corrected chi connectivity index (χ1v) is 13.8. The lowest BCUT2D eigenvalue weighted by atomic mass is 10.0. The molecule has 1 N–H and O–H groups in total. The molecule has 0 aliphatic rings. The molecule has 0 saturated heterocycles. The van der Waals surface area contributed by atoms with Crippen LogP contribution in [0.2, 0.25) is 0 Å². The van der Waals surface area contributed by atoms with Gasteiger partial charge in [-0.3, -0.25) is 13.9 Å². The molecule has 198 valence electrons. The van der Waals surface area contributed by atoms with Crippen LogP contribution in [0.4, 0.5) is 14.5 Å². The Morgan fingerprint density at radius 2 is 1.72 bits per heavy atom. The minimum atomic E-state index is -3.81. The fraction of sp³-hybridized carbons (Fsp3) is 0.462. The number of hydrogen-bond acceptors (Lipinski definition) is 4. The van der Waals surface area contributed by atoms with Crippen molar-refractivity contribution in [3.05, 3.63) is 65.2 Å². The minimum absolute atomic E-state index is 0.0247. The van der Waals surface area contributed by atoms with Crippen LogP contribution in [0.25, 0.3) is 0 Å². The lowest BCUT2D eigenvalue weighted by molar-refractivity contribution is -0.141. The van der Waals surface area contributed by atoms with Crippen molar-refractivity contribution in [3.8, 4) is 0 Å². The number of benzene rings is 2. The van der Waals surface area contributed by atoms with Crippen LogP contribution in [0.3, 0.4) is 0 Å². The van der Waals surface area contributed by atoms with Gasteiger partial charge in [-0.05, 0) is 56.9 Å². The van der Waals surface area contributed by atoms with Crippen molar-refractivity contribution in [2.24, 2.45) is 0 Å². The number of carbonyl (C=O) groups excluding carboxylic acids is 2. The molecule has 0 heterocycles. The van der Waals surface area contributed by atoms with Crippen molar-refractivity contribution >= 4 is 27.5 Å². The second-order valence-corrected chi connectivity index (χ2v) is 11.0. The van der Waals surface area contributed by atoms with E-state index in [1.807, 2.05) is 52.0 Å². The van der Waals surface area contributed by atoms with E-state index in [4.69, 9.17) is 0 Å². The Hall–Kier alpha value is -3.01. The van der Waals surface area contributed by atoms with Gasteiger partial charge in [-0.25, -0.2) is 17.2 Å². The summed E-state index contributed by atoms with van der Waals surface area (Å²) in [5, 5.41) is 2.87. The molecule has 0 fully saturated rings. The van der Waals surface area contributed by atoms with Gasteiger partial charge in [-0.2, -0.15) is 0 Å². The van der Waals surface area contributed by atoms with Gasteiger partial charge in [0.05, 0.1) is 11.9 Å². The molecule has 2 aromatic rings. The first kappa shape index (κ1) is 29.2. The summed E-state index contributed by atoms with van der Waals surface area (Å²) in [4.78, 5) is 27.8. The number of aryl methyl sites for hydroxylation is 1. The molecular formula is C26H35F2N3O4S. The van der Waals surface area contributed by atoms with E-state index in [1.54, 1.807) is 0 Å². The van der Waals surface area contributed by atoms with Crippen LogP contribution in [-0.2, 0) is 26.2 Å². The maximum Gasteiger partial charge on any atom is 0.243 e. The third-order valence-corrected chi connectivity index (χ3v) is 6.96. The highest BCUT2D eigenvalue weighted by Gasteiger charge is 2.29. The van der Waals surface area contributed by atoms with Crippen molar-refractivity contribution in [2.75, 3.05) is 17.1 Å². The van der Waals surface area contributed by atoms with Gasteiger partial charge < -0.3 is 10.2 Å². The van der Waals surface area contributed by atoms with Crippen molar-refractivity contribution in [2.45, 2.75) is 65.6 Å². The normalized spacial score (nSPS) is 12.3. The van der Waals surface area contributed by atoms with E-state index >= 15 is 0 Å². The number of nitrogens with zero attached hydrogens (tertiary/aromatic N) is 2. The molecule has 0 aromatic heterocycles. The molecule has 1 atom stereocenters. The Bertz CT molecular complexity index is 1170. The standard InChI is InChI=1S/C26H35F2N3O4S/c1-6-24(26(33)29-18(2)3)30(17-20-11-8-7-10-19(20)4)25(32)12-9-15-31(36(5,34)35)21-13-14-22(27)23(28)16-21/h7-8,10-11,13-14,16,18,24H,6,9,12,15,17H2,1-5H3,(H,29,33). The first-order chi connectivity index (χ1) is 16.8. The van der Waals surface area contributed by atoms with Crippen molar-refractivity contribution < 1.29 is 26.8 Å². The number of anilines is 1. The van der Waals surface area contributed by atoms with Gasteiger partial charge in [-0.15, -0.1) is 0 Å². The molecule has 10 heteroatoms. The molecule has 0 saturated carbocycles. The number of amides is 2. The zero-order valence-electron chi connectivity index (χ0n) is 21.4. The smallest absolute Gasteiger partial charge is 0.243 e. The van der Waals surface area contributed by atoms with Crippen LogP contribution >= 0.6 is 0 Å². The molecule has 0 spiro atoms. The van der Waals surface area contributed by atoms with Gasteiger partial charge in [0.2, 0.25) is 21.8 Å². The molecule has 0 bridgehead atoms. The van der Waals surface area contributed by atoms with E-state index < -0.39 is 27.7 Å². The second kappa shape index (κ2) is 12.8. The Morgan fingerprint density at radius 1 is 1.06 bits per heavy atom. The maximum atomic E-state index is 13.7. The number of sulfonamides is 1. The molecule has 2 amide bonds. The van der Waals surface area contributed by atoms with Crippen LogP contribution in [0.15, 0.2) is 42.5 Å². The Labute approximate surface area is 212 Å². The van der Waals surface area contributed by atoms with E-state index in [0.29, 0.717) is 6.42 Å². The van der Waals surface area contributed by atoms with Gasteiger partial charge in [0.15, 0.2) is 11.6 Å².